The molecule has 8 nitrogen and oxygen atoms in total. The molecule has 2 N–H and O–H groups in total. The van der Waals surface area contributed by atoms with Crippen molar-refractivity contribution >= 4 is 28.5 Å². The second-order valence-corrected chi connectivity index (χ2v) is 8.03. The first kappa shape index (κ1) is 22.3. The molecule has 0 bridgehead atoms. The third-order valence-electron chi connectivity index (χ3n) is 6.09. The van der Waals surface area contributed by atoms with Gasteiger partial charge >= 0.3 is 5.97 Å². The number of aromatic nitrogens is 1. The highest BCUT2D eigenvalue weighted by molar-refractivity contribution is 5.98. The van der Waals surface area contributed by atoms with Gasteiger partial charge < -0.3 is 24.6 Å². The smallest absolute Gasteiger partial charge is 0.341 e. The SMILES string of the molecule is CCn1cc(C(=O)O)c(=O)c2cc(F)c(N3CCN(C(=O)c4c(C)cccc4O)CC3)cc21. The van der Waals surface area contributed by atoms with E-state index in [1.807, 2.05) is 6.92 Å². The van der Waals surface area contributed by atoms with Crippen molar-refractivity contribution in [2.45, 2.75) is 20.4 Å². The van der Waals surface area contributed by atoms with Crippen molar-refractivity contribution in [2.75, 3.05) is 31.1 Å². The van der Waals surface area contributed by atoms with Crippen molar-refractivity contribution in [3.05, 3.63) is 69.3 Å². The lowest BCUT2D eigenvalue weighted by Crippen LogP contribution is -2.49. The number of amides is 1. The van der Waals surface area contributed by atoms with E-state index in [1.165, 1.54) is 12.3 Å². The first-order valence-corrected chi connectivity index (χ1v) is 10.7. The molecule has 0 saturated carbocycles. The Morgan fingerprint density at radius 1 is 1.12 bits per heavy atom. The van der Waals surface area contributed by atoms with E-state index in [4.69, 9.17) is 0 Å². The number of nitrogens with zero attached hydrogens (tertiary/aromatic N) is 3. The lowest BCUT2D eigenvalue weighted by Gasteiger charge is -2.36. The Bertz CT molecular complexity index is 1310. The van der Waals surface area contributed by atoms with Gasteiger partial charge in [0.1, 0.15) is 17.1 Å². The Kier molecular flexibility index (Phi) is 5.80. The summed E-state index contributed by atoms with van der Waals surface area (Å²) in [5.74, 6) is -2.32. The van der Waals surface area contributed by atoms with Crippen LogP contribution >= 0.6 is 0 Å². The summed E-state index contributed by atoms with van der Waals surface area (Å²) in [4.78, 5) is 40.3. The zero-order valence-corrected chi connectivity index (χ0v) is 18.3. The molecule has 9 heteroatoms. The van der Waals surface area contributed by atoms with Crippen molar-refractivity contribution in [2.24, 2.45) is 0 Å². The summed E-state index contributed by atoms with van der Waals surface area (Å²) >= 11 is 0. The molecule has 33 heavy (non-hydrogen) atoms. The molecular formula is C24H24FN3O5. The summed E-state index contributed by atoms with van der Waals surface area (Å²) in [6, 6.07) is 7.57. The Morgan fingerprint density at radius 3 is 2.42 bits per heavy atom. The number of aromatic hydroxyl groups is 1. The predicted molar refractivity (Wildman–Crippen MR) is 122 cm³/mol. The molecule has 2 aromatic carbocycles. The van der Waals surface area contributed by atoms with E-state index in [1.54, 1.807) is 39.5 Å². The quantitative estimate of drug-likeness (QED) is 0.630. The maximum absolute atomic E-state index is 15.0. The van der Waals surface area contributed by atoms with Crippen LogP contribution in [-0.4, -0.2) is 57.7 Å². The Balaban J connectivity index is 1.63. The fraction of sp³-hybridized carbons (Fsp3) is 0.292. The molecule has 0 radical (unpaired) electrons. The third kappa shape index (κ3) is 3.90. The highest BCUT2D eigenvalue weighted by atomic mass is 19.1. The van der Waals surface area contributed by atoms with E-state index >= 15 is 4.39 Å². The zero-order valence-electron chi connectivity index (χ0n) is 18.3. The number of benzene rings is 2. The van der Waals surface area contributed by atoms with Gasteiger partial charge in [-0.05, 0) is 37.6 Å². The van der Waals surface area contributed by atoms with Gasteiger partial charge in [-0.1, -0.05) is 12.1 Å². The van der Waals surface area contributed by atoms with Gasteiger partial charge in [-0.25, -0.2) is 9.18 Å². The number of hydrogen-bond donors (Lipinski definition) is 2. The monoisotopic (exact) mass is 453 g/mol. The molecule has 172 valence electrons. The van der Waals surface area contributed by atoms with Crippen LogP contribution < -0.4 is 10.3 Å². The van der Waals surface area contributed by atoms with Crippen molar-refractivity contribution in [1.82, 2.24) is 9.47 Å². The van der Waals surface area contributed by atoms with Gasteiger partial charge in [0, 0.05) is 44.3 Å². The van der Waals surface area contributed by atoms with Gasteiger partial charge in [0.25, 0.3) is 5.91 Å². The zero-order chi connectivity index (χ0) is 23.9. The van der Waals surface area contributed by atoms with Crippen molar-refractivity contribution in [1.29, 1.82) is 0 Å². The molecule has 1 aromatic heterocycles. The molecule has 3 aromatic rings. The van der Waals surface area contributed by atoms with Gasteiger partial charge in [-0.2, -0.15) is 0 Å². The van der Waals surface area contributed by atoms with Gasteiger partial charge in [0.2, 0.25) is 5.43 Å². The number of anilines is 1. The average molecular weight is 453 g/mol. The van der Waals surface area contributed by atoms with Gasteiger partial charge in [-0.3, -0.25) is 9.59 Å². The number of carbonyl (C=O) groups excluding carboxylic acids is 1. The van der Waals surface area contributed by atoms with Crippen molar-refractivity contribution in [3.63, 3.8) is 0 Å². The van der Waals surface area contributed by atoms with E-state index in [9.17, 15) is 24.6 Å². The lowest BCUT2D eigenvalue weighted by atomic mass is 10.1. The van der Waals surface area contributed by atoms with Crippen LogP contribution in [0.15, 0.2) is 41.3 Å². The minimum atomic E-state index is -1.35. The third-order valence-corrected chi connectivity index (χ3v) is 6.09. The average Bonchev–Trinajstić information content (AvgIpc) is 2.79. The molecule has 1 saturated heterocycles. The number of fused-ring (bicyclic) bond motifs is 1. The molecule has 4 rings (SSSR count). The normalized spacial score (nSPS) is 14.0. The van der Waals surface area contributed by atoms with Crippen LogP contribution in [-0.2, 0) is 6.54 Å². The largest absolute Gasteiger partial charge is 0.507 e. The van der Waals surface area contributed by atoms with Crippen LogP contribution in [0.25, 0.3) is 10.9 Å². The number of carbonyl (C=O) groups is 2. The number of carboxylic acids is 1. The van der Waals surface area contributed by atoms with Crippen molar-refractivity contribution < 1.29 is 24.2 Å². The number of rotatable bonds is 4. The van der Waals surface area contributed by atoms with Gasteiger partial charge in [0.15, 0.2) is 0 Å². The topological polar surface area (TPSA) is 103 Å². The summed E-state index contributed by atoms with van der Waals surface area (Å²) in [5.41, 5.74) is 0.569. The van der Waals surface area contributed by atoms with Crippen LogP contribution in [0, 0.1) is 12.7 Å². The minimum absolute atomic E-state index is 0.0156. The molecule has 0 aliphatic carbocycles. The predicted octanol–water partition coefficient (Wildman–Crippen LogP) is 2.84. The van der Waals surface area contributed by atoms with E-state index in [0.717, 1.165) is 6.07 Å². The summed E-state index contributed by atoms with van der Waals surface area (Å²) < 4.78 is 16.6. The van der Waals surface area contributed by atoms with Crippen LogP contribution in [0.5, 0.6) is 5.75 Å². The van der Waals surface area contributed by atoms with E-state index in [0.29, 0.717) is 43.8 Å². The van der Waals surface area contributed by atoms with E-state index < -0.39 is 22.8 Å². The van der Waals surface area contributed by atoms with E-state index in [2.05, 4.69) is 0 Å². The fourth-order valence-corrected chi connectivity index (χ4v) is 4.29. The fourth-order valence-electron chi connectivity index (χ4n) is 4.29. The molecule has 2 heterocycles. The number of pyridine rings is 1. The second kappa shape index (κ2) is 8.57. The first-order chi connectivity index (χ1) is 15.7. The number of hydrogen-bond acceptors (Lipinski definition) is 5. The number of halogens is 1. The molecule has 0 spiro atoms. The number of piperazine rings is 1. The maximum atomic E-state index is 15.0. The number of aryl methyl sites for hydroxylation is 2. The number of phenols is 1. The molecule has 0 unspecified atom stereocenters. The van der Waals surface area contributed by atoms with Crippen LogP contribution in [0.3, 0.4) is 0 Å². The van der Waals surface area contributed by atoms with E-state index in [-0.39, 0.29) is 28.3 Å². The second-order valence-electron chi connectivity index (χ2n) is 8.03. The standard InChI is InChI=1S/C24H24FN3O5/c1-3-26-13-16(24(32)33)22(30)15-11-17(25)19(12-18(15)26)27-7-9-28(10-8-27)23(31)21-14(2)5-4-6-20(21)29/h4-6,11-13,29H,3,7-10H2,1-2H3,(H,32,33). The Morgan fingerprint density at radius 2 is 1.82 bits per heavy atom. The molecule has 1 aliphatic rings. The summed E-state index contributed by atoms with van der Waals surface area (Å²) in [6.45, 7) is 5.38. The number of aromatic carboxylic acids is 1. The number of phenolic OH excluding ortho intramolecular Hbond substituents is 1. The Labute approximate surface area is 189 Å². The minimum Gasteiger partial charge on any atom is -0.507 e. The number of carboxylic acid groups (broad SMARTS) is 1. The van der Waals surface area contributed by atoms with Crippen LogP contribution in [0.2, 0.25) is 0 Å². The lowest BCUT2D eigenvalue weighted by molar-refractivity contribution is 0.0693. The molecule has 0 atom stereocenters. The highest BCUT2D eigenvalue weighted by Crippen LogP contribution is 2.28. The summed E-state index contributed by atoms with van der Waals surface area (Å²) in [6.07, 6.45) is 1.28. The van der Waals surface area contributed by atoms with Gasteiger partial charge in [-0.15, -0.1) is 0 Å². The first-order valence-electron chi connectivity index (χ1n) is 10.7. The molecular weight excluding hydrogens is 429 g/mol. The van der Waals surface area contributed by atoms with Gasteiger partial charge in [0.05, 0.1) is 16.8 Å². The highest BCUT2D eigenvalue weighted by Gasteiger charge is 2.27. The Hall–Kier alpha value is -3.88. The molecule has 1 aliphatic heterocycles. The maximum Gasteiger partial charge on any atom is 0.341 e. The van der Waals surface area contributed by atoms with Crippen LogP contribution in [0.4, 0.5) is 10.1 Å². The van der Waals surface area contributed by atoms with Crippen molar-refractivity contribution in [3.8, 4) is 5.75 Å². The molecule has 1 amide bonds. The summed E-state index contributed by atoms with van der Waals surface area (Å²) in [5, 5.41) is 19.4. The summed E-state index contributed by atoms with van der Waals surface area (Å²) in [7, 11) is 0. The molecule has 1 fully saturated rings. The van der Waals surface area contributed by atoms with Crippen LogP contribution in [0.1, 0.15) is 33.2 Å².